The van der Waals surface area contributed by atoms with Crippen molar-refractivity contribution >= 4 is 17.8 Å². The molecule has 4 fully saturated rings. The van der Waals surface area contributed by atoms with E-state index in [1.807, 2.05) is 26.7 Å². The fourth-order valence-electron chi connectivity index (χ4n) is 6.33. The van der Waals surface area contributed by atoms with Gasteiger partial charge < -0.3 is 20.0 Å². The van der Waals surface area contributed by atoms with E-state index in [0.29, 0.717) is 49.8 Å². The molecule has 180 valence electrons. The van der Waals surface area contributed by atoms with Crippen LogP contribution in [0.25, 0.3) is 0 Å². The number of fused-ring (bicyclic) bond motifs is 4. The second kappa shape index (κ2) is 9.73. The van der Waals surface area contributed by atoms with Crippen molar-refractivity contribution < 1.29 is 14.4 Å². The summed E-state index contributed by atoms with van der Waals surface area (Å²) in [6.45, 7) is 5.06. The summed E-state index contributed by atoms with van der Waals surface area (Å²) in [4.78, 5) is 44.3. The number of nitrogens with zero attached hydrogens (tertiary/aromatic N) is 5. The molecule has 5 rings (SSSR count). The molecule has 0 radical (unpaired) electrons. The molecule has 0 saturated carbocycles. The normalized spacial score (nSPS) is 27.9. The maximum atomic E-state index is 13.3. The van der Waals surface area contributed by atoms with E-state index in [1.54, 1.807) is 6.20 Å². The Hall–Kier alpha value is -2.58. The summed E-state index contributed by atoms with van der Waals surface area (Å²) in [6, 6.07) is 2.34. The first kappa shape index (κ1) is 22.2. The van der Waals surface area contributed by atoms with Crippen LogP contribution < -0.4 is 5.32 Å². The molecule has 1 aromatic rings. The van der Waals surface area contributed by atoms with Gasteiger partial charge in [-0.1, -0.05) is 0 Å². The largest absolute Gasteiger partial charge is 0.356 e. The molecule has 4 aliphatic rings. The van der Waals surface area contributed by atoms with E-state index in [2.05, 4.69) is 15.3 Å². The van der Waals surface area contributed by atoms with Crippen molar-refractivity contribution in [3.8, 4) is 0 Å². The highest BCUT2D eigenvalue weighted by atomic mass is 16.2. The molecule has 2 unspecified atom stereocenters. The van der Waals surface area contributed by atoms with Crippen LogP contribution in [-0.4, -0.2) is 87.6 Å². The van der Waals surface area contributed by atoms with Crippen LogP contribution in [0.1, 0.15) is 44.9 Å². The second-order valence-electron chi connectivity index (χ2n) is 10.2. The summed E-state index contributed by atoms with van der Waals surface area (Å²) in [5, 5.41) is 7.23. The van der Waals surface area contributed by atoms with Gasteiger partial charge >= 0.3 is 6.03 Å². The fraction of sp³-hybridized carbons (Fsp3) is 0.750. The van der Waals surface area contributed by atoms with Gasteiger partial charge in [-0.2, -0.15) is 5.10 Å². The zero-order valence-corrected chi connectivity index (χ0v) is 19.4. The lowest BCUT2D eigenvalue weighted by Gasteiger charge is -2.53. The van der Waals surface area contributed by atoms with Crippen LogP contribution >= 0.6 is 0 Å². The first-order valence-corrected chi connectivity index (χ1v) is 12.7. The molecule has 1 N–H and O–H groups in total. The van der Waals surface area contributed by atoms with Gasteiger partial charge in [0.1, 0.15) is 0 Å². The minimum absolute atomic E-state index is 0.0127. The van der Waals surface area contributed by atoms with Crippen molar-refractivity contribution in [1.29, 1.82) is 0 Å². The summed E-state index contributed by atoms with van der Waals surface area (Å²) in [5.74, 6) is 1.22. The van der Waals surface area contributed by atoms with E-state index in [1.165, 1.54) is 0 Å². The number of amides is 4. The predicted molar refractivity (Wildman–Crippen MR) is 122 cm³/mol. The Morgan fingerprint density at radius 3 is 2.73 bits per heavy atom. The summed E-state index contributed by atoms with van der Waals surface area (Å²) < 4.78 is 1.87. The van der Waals surface area contributed by atoms with Gasteiger partial charge in [-0.3, -0.25) is 14.3 Å². The highest BCUT2D eigenvalue weighted by Crippen LogP contribution is 2.38. The molecule has 0 aromatic carbocycles. The number of hydrogen-bond donors (Lipinski definition) is 1. The molecule has 33 heavy (non-hydrogen) atoms. The standard InChI is InChI=1S/C24H36N6O3/c31-22-5-1-4-21-20-14-18(16-30(21)22)15-28(17-20)24(33)27-12-6-19(7-13-27)23(32)25-8-2-10-29-11-3-9-26-29/h3,9,11,18-21H,1-2,4-8,10,12-17H2,(H,25,32)/t18?,20?,21-/m1/s1. The first-order chi connectivity index (χ1) is 16.1. The molecule has 0 aliphatic carbocycles. The monoisotopic (exact) mass is 456 g/mol. The molecule has 0 spiro atoms. The first-order valence-electron chi connectivity index (χ1n) is 12.7. The van der Waals surface area contributed by atoms with Crippen molar-refractivity contribution in [3.63, 3.8) is 0 Å². The van der Waals surface area contributed by atoms with Gasteiger partial charge in [0.25, 0.3) is 0 Å². The molecule has 9 nitrogen and oxygen atoms in total. The number of nitrogens with one attached hydrogen (secondary N) is 1. The lowest BCUT2D eigenvalue weighted by molar-refractivity contribution is -0.144. The molecule has 4 saturated heterocycles. The third kappa shape index (κ3) is 4.87. The molecule has 5 heterocycles. The highest BCUT2D eigenvalue weighted by molar-refractivity contribution is 5.80. The smallest absolute Gasteiger partial charge is 0.320 e. The van der Waals surface area contributed by atoms with Gasteiger partial charge in [-0.05, 0) is 56.4 Å². The van der Waals surface area contributed by atoms with Gasteiger partial charge in [-0.25, -0.2) is 4.79 Å². The molecule has 9 heteroatoms. The Kier molecular flexibility index (Phi) is 6.55. The zero-order chi connectivity index (χ0) is 22.8. The molecule has 4 amide bonds. The molecule has 1 aromatic heterocycles. The van der Waals surface area contributed by atoms with E-state index in [4.69, 9.17) is 0 Å². The topological polar surface area (TPSA) is 90.8 Å². The molecular formula is C24H36N6O3. The highest BCUT2D eigenvalue weighted by Gasteiger charge is 2.45. The van der Waals surface area contributed by atoms with Gasteiger partial charge in [0, 0.05) is 76.6 Å². The third-order valence-corrected chi connectivity index (χ3v) is 8.01. The lowest BCUT2D eigenvalue weighted by atomic mass is 9.76. The maximum Gasteiger partial charge on any atom is 0.320 e. The minimum Gasteiger partial charge on any atom is -0.356 e. The maximum absolute atomic E-state index is 13.3. The van der Waals surface area contributed by atoms with Gasteiger partial charge in [0.15, 0.2) is 0 Å². The third-order valence-electron chi connectivity index (χ3n) is 8.01. The van der Waals surface area contributed by atoms with Crippen LogP contribution in [0.4, 0.5) is 4.79 Å². The fourth-order valence-corrected chi connectivity index (χ4v) is 6.33. The number of hydrogen-bond acceptors (Lipinski definition) is 4. The van der Waals surface area contributed by atoms with Crippen molar-refractivity contribution in [3.05, 3.63) is 18.5 Å². The van der Waals surface area contributed by atoms with E-state index in [9.17, 15) is 14.4 Å². The number of aryl methyl sites for hydroxylation is 1. The Morgan fingerprint density at radius 2 is 1.94 bits per heavy atom. The molecule has 4 aliphatic heterocycles. The van der Waals surface area contributed by atoms with Crippen LogP contribution in [0, 0.1) is 17.8 Å². The van der Waals surface area contributed by atoms with E-state index >= 15 is 0 Å². The quantitative estimate of drug-likeness (QED) is 0.681. The number of urea groups is 1. The van der Waals surface area contributed by atoms with E-state index < -0.39 is 0 Å². The number of rotatable bonds is 5. The van der Waals surface area contributed by atoms with Gasteiger partial charge in [0.2, 0.25) is 11.8 Å². The minimum atomic E-state index is -0.0127. The molecule has 2 bridgehead atoms. The number of likely N-dealkylation sites (tertiary alicyclic amines) is 2. The van der Waals surface area contributed by atoms with Crippen LogP contribution in [0.2, 0.25) is 0 Å². The Balaban J connectivity index is 1.06. The second-order valence-corrected chi connectivity index (χ2v) is 10.2. The number of carbonyl (C=O) groups excluding carboxylic acids is 3. The van der Waals surface area contributed by atoms with Crippen molar-refractivity contribution in [2.75, 3.05) is 39.3 Å². The van der Waals surface area contributed by atoms with Gasteiger partial charge in [-0.15, -0.1) is 0 Å². The summed E-state index contributed by atoms with van der Waals surface area (Å²) >= 11 is 0. The van der Waals surface area contributed by atoms with Crippen LogP contribution in [-0.2, 0) is 16.1 Å². The van der Waals surface area contributed by atoms with E-state index in [-0.39, 0.29) is 17.9 Å². The summed E-state index contributed by atoms with van der Waals surface area (Å²) in [6.07, 6.45) is 9.87. The van der Waals surface area contributed by atoms with Gasteiger partial charge in [0.05, 0.1) is 0 Å². The van der Waals surface area contributed by atoms with Crippen LogP contribution in [0.15, 0.2) is 18.5 Å². The predicted octanol–water partition coefficient (Wildman–Crippen LogP) is 1.55. The zero-order valence-electron chi connectivity index (χ0n) is 19.4. The van der Waals surface area contributed by atoms with Crippen molar-refractivity contribution in [2.45, 2.75) is 57.5 Å². The summed E-state index contributed by atoms with van der Waals surface area (Å²) in [5.41, 5.74) is 0. The van der Waals surface area contributed by atoms with Crippen LogP contribution in [0.5, 0.6) is 0 Å². The average molecular weight is 457 g/mol. The lowest BCUT2D eigenvalue weighted by Crippen LogP contribution is -2.62. The number of piperidine rings is 4. The SMILES string of the molecule is O=C(NCCCn1cccn1)C1CCN(C(=O)N2CC3CC(C2)[C@H]2CCCC(=O)N2C3)CC1. The molecular weight excluding hydrogens is 420 g/mol. The number of aromatic nitrogens is 2. The Bertz CT molecular complexity index is 850. The van der Waals surface area contributed by atoms with E-state index in [0.717, 1.165) is 64.7 Å². The average Bonchev–Trinajstić information content (AvgIpc) is 3.35. The Morgan fingerprint density at radius 1 is 1.09 bits per heavy atom. The summed E-state index contributed by atoms with van der Waals surface area (Å²) in [7, 11) is 0. The van der Waals surface area contributed by atoms with Crippen LogP contribution in [0.3, 0.4) is 0 Å². The Labute approximate surface area is 195 Å². The molecule has 3 atom stereocenters. The number of carbonyl (C=O) groups is 3. The van der Waals surface area contributed by atoms with Crippen molar-refractivity contribution in [1.82, 2.24) is 29.8 Å². The van der Waals surface area contributed by atoms with Crippen molar-refractivity contribution in [2.24, 2.45) is 17.8 Å².